The van der Waals surface area contributed by atoms with E-state index in [1.54, 1.807) is 0 Å². The summed E-state index contributed by atoms with van der Waals surface area (Å²) in [4.78, 5) is 0. The van der Waals surface area contributed by atoms with Gasteiger partial charge < -0.3 is 0 Å². The highest BCUT2D eigenvalue weighted by Gasteiger charge is 1.82. The molecule has 0 spiro atoms. The van der Waals surface area contributed by atoms with Crippen LogP contribution in [0.4, 0.5) is 0 Å². The van der Waals surface area contributed by atoms with Crippen molar-refractivity contribution in [3.05, 3.63) is 48.6 Å². The Morgan fingerprint density at radius 3 is 3.11 bits per heavy atom. The van der Waals surface area contributed by atoms with Gasteiger partial charge in [0.2, 0.25) is 0 Å². The summed E-state index contributed by atoms with van der Waals surface area (Å²) < 4.78 is 0. The molecule has 0 nitrogen and oxygen atoms in total. The first kappa shape index (κ1) is 6.09. The van der Waals surface area contributed by atoms with Gasteiger partial charge in [-0.05, 0) is 24.1 Å². The quantitative estimate of drug-likeness (QED) is 0.554. The van der Waals surface area contributed by atoms with Gasteiger partial charge in [-0.15, -0.1) is 0 Å². The van der Waals surface area contributed by atoms with Crippen molar-refractivity contribution in [2.75, 3.05) is 0 Å². The molecule has 1 aromatic rings. The van der Waals surface area contributed by atoms with Crippen LogP contribution < -0.4 is 0 Å². The van der Waals surface area contributed by atoms with E-state index >= 15 is 0 Å². The topological polar surface area (TPSA) is 0 Å². The molecule has 0 N–H and O–H groups in total. The molecule has 0 aromatic heterocycles. The fourth-order valence-electron chi connectivity index (χ4n) is 0.685. The zero-order valence-electron chi connectivity index (χ0n) is 5.22. The molecule has 0 aliphatic heterocycles. The molecule has 1 rings (SSSR count). The molecule has 0 unspecified atom stereocenters. The summed E-state index contributed by atoms with van der Waals surface area (Å²) in [6.07, 6.45) is 3.63. The molecule has 9 heavy (non-hydrogen) atoms. The molecule has 2 radical (unpaired) electrons. The van der Waals surface area contributed by atoms with E-state index in [1.807, 2.05) is 24.3 Å². The van der Waals surface area contributed by atoms with Crippen LogP contribution in [0.3, 0.4) is 0 Å². The minimum absolute atomic E-state index is 0.817. The Balaban J connectivity index is 2.72. The second kappa shape index (κ2) is 3.08. The third-order valence-corrected chi connectivity index (χ3v) is 1.10. The van der Waals surface area contributed by atoms with E-state index in [9.17, 15) is 0 Å². The van der Waals surface area contributed by atoms with Crippen LogP contribution >= 0.6 is 0 Å². The van der Waals surface area contributed by atoms with Gasteiger partial charge in [-0.1, -0.05) is 30.8 Å². The van der Waals surface area contributed by atoms with Crippen molar-refractivity contribution in [1.82, 2.24) is 0 Å². The minimum Gasteiger partial charge on any atom is -0.0952 e. The number of hydrogen-bond acceptors (Lipinski definition) is 0. The highest BCUT2D eigenvalue weighted by molar-refractivity contribution is 5.14. The van der Waals surface area contributed by atoms with Gasteiger partial charge in [-0.3, -0.25) is 0 Å². The molecule has 0 aliphatic rings. The predicted octanol–water partition coefficient (Wildman–Crippen LogP) is 2.02. The molecule has 0 amide bonds. The van der Waals surface area contributed by atoms with Gasteiger partial charge in [0.15, 0.2) is 0 Å². The molecular weight excluding hydrogens is 108 g/mol. The molecular formula is C9H8. The molecule has 0 bridgehead atoms. The largest absolute Gasteiger partial charge is 0.0952 e. The average Bonchev–Trinajstić information content (AvgIpc) is 1.91. The van der Waals surface area contributed by atoms with Gasteiger partial charge in [0, 0.05) is 0 Å². The summed E-state index contributed by atoms with van der Waals surface area (Å²) in [5.41, 5.74) is 1.22. The third-order valence-electron chi connectivity index (χ3n) is 1.10. The highest BCUT2D eigenvalue weighted by atomic mass is 13.9. The molecule has 0 fully saturated rings. The highest BCUT2D eigenvalue weighted by Crippen LogP contribution is 1.97. The summed E-state index contributed by atoms with van der Waals surface area (Å²) in [5, 5.41) is 0. The Hall–Kier alpha value is -1.04. The van der Waals surface area contributed by atoms with E-state index in [1.165, 1.54) is 5.56 Å². The lowest BCUT2D eigenvalue weighted by Crippen LogP contribution is -1.76. The van der Waals surface area contributed by atoms with Gasteiger partial charge in [0.1, 0.15) is 0 Å². The maximum Gasteiger partial charge on any atom is -0.00288 e. The van der Waals surface area contributed by atoms with Crippen LogP contribution in [0.5, 0.6) is 0 Å². The summed E-state index contributed by atoms with van der Waals surface area (Å²) in [6, 6.07) is 10.8. The van der Waals surface area contributed by atoms with Crippen LogP contribution in [0.25, 0.3) is 0 Å². The Kier molecular flexibility index (Phi) is 2.08. The van der Waals surface area contributed by atoms with Crippen molar-refractivity contribution < 1.29 is 0 Å². The molecule has 0 saturated heterocycles. The first-order valence-corrected chi connectivity index (χ1v) is 2.88. The monoisotopic (exact) mass is 116 g/mol. The zero-order chi connectivity index (χ0) is 6.53. The average molecular weight is 116 g/mol. The van der Waals surface area contributed by atoms with Gasteiger partial charge >= 0.3 is 0 Å². The van der Waals surface area contributed by atoms with E-state index in [0.29, 0.717) is 0 Å². The molecule has 0 saturated carbocycles. The van der Waals surface area contributed by atoms with Gasteiger partial charge in [0.05, 0.1) is 0 Å². The molecule has 0 aliphatic carbocycles. The standard InChI is InChI=1S/C9H8/c1-2-6-9-7-4-3-5-8-9/h3-4,7-8H,1,6H2. The predicted molar refractivity (Wildman–Crippen MR) is 37.9 cm³/mol. The molecule has 0 heteroatoms. The maximum atomic E-state index is 3.52. The SMILES string of the molecule is C=[C]Cc1c[c]ccc1. The summed E-state index contributed by atoms with van der Waals surface area (Å²) >= 11 is 0. The third kappa shape index (κ3) is 1.73. The first-order chi connectivity index (χ1) is 4.43. The van der Waals surface area contributed by atoms with Crippen LogP contribution in [0.2, 0.25) is 0 Å². The van der Waals surface area contributed by atoms with E-state index in [4.69, 9.17) is 0 Å². The summed E-state index contributed by atoms with van der Waals surface area (Å²) in [6.45, 7) is 3.52. The lowest BCUT2D eigenvalue weighted by atomic mass is 10.2. The molecule has 0 heterocycles. The smallest absolute Gasteiger partial charge is 0.00288 e. The fourth-order valence-corrected chi connectivity index (χ4v) is 0.685. The Morgan fingerprint density at radius 1 is 1.67 bits per heavy atom. The van der Waals surface area contributed by atoms with Gasteiger partial charge in [-0.2, -0.15) is 0 Å². The first-order valence-electron chi connectivity index (χ1n) is 2.88. The second-order valence-electron chi connectivity index (χ2n) is 1.84. The lowest BCUT2D eigenvalue weighted by molar-refractivity contribution is 1.24. The lowest BCUT2D eigenvalue weighted by Gasteiger charge is -1.90. The minimum atomic E-state index is 0.817. The molecule has 1 aromatic carbocycles. The fraction of sp³-hybridized carbons (Fsp3) is 0.111. The number of allylic oxidation sites excluding steroid dienone is 1. The van der Waals surface area contributed by atoms with E-state index in [0.717, 1.165) is 6.42 Å². The van der Waals surface area contributed by atoms with Gasteiger partial charge in [0.25, 0.3) is 0 Å². The number of rotatable bonds is 2. The van der Waals surface area contributed by atoms with Crippen LogP contribution in [0.1, 0.15) is 5.56 Å². The Labute approximate surface area is 55.8 Å². The summed E-state index contributed by atoms with van der Waals surface area (Å²) in [5.74, 6) is 0. The maximum absolute atomic E-state index is 3.52. The van der Waals surface area contributed by atoms with Crippen LogP contribution in [0.15, 0.2) is 30.8 Å². The van der Waals surface area contributed by atoms with Gasteiger partial charge in [-0.25, -0.2) is 0 Å². The van der Waals surface area contributed by atoms with Crippen molar-refractivity contribution in [3.63, 3.8) is 0 Å². The van der Waals surface area contributed by atoms with Crippen LogP contribution in [-0.4, -0.2) is 0 Å². The normalized spacial score (nSPS) is 8.89. The van der Waals surface area contributed by atoms with Crippen LogP contribution in [0, 0.1) is 12.1 Å². The van der Waals surface area contributed by atoms with Crippen molar-refractivity contribution in [1.29, 1.82) is 0 Å². The Morgan fingerprint density at radius 2 is 2.56 bits per heavy atom. The van der Waals surface area contributed by atoms with E-state index < -0.39 is 0 Å². The summed E-state index contributed by atoms with van der Waals surface area (Å²) in [7, 11) is 0. The molecule has 0 atom stereocenters. The van der Waals surface area contributed by atoms with Crippen molar-refractivity contribution in [3.8, 4) is 0 Å². The molecule has 44 valence electrons. The van der Waals surface area contributed by atoms with Crippen molar-refractivity contribution >= 4 is 0 Å². The second-order valence-corrected chi connectivity index (χ2v) is 1.84. The van der Waals surface area contributed by atoms with Crippen LogP contribution in [-0.2, 0) is 6.42 Å². The van der Waals surface area contributed by atoms with E-state index in [-0.39, 0.29) is 0 Å². The van der Waals surface area contributed by atoms with Crippen molar-refractivity contribution in [2.45, 2.75) is 6.42 Å². The van der Waals surface area contributed by atoms with E-state index in [2.05, 4.69) is 18.7 Å². The van der Waals surface area contributed by atoms with Crippen molar-refractivity contribution in [2.24, 2.45) is 0 Å². The Bertz CT molecular complexity index is 174. The zero-order valence-corrected chi connectivity index (χ0v) is 5.22. The number of benzene rings is 1. The number of hydrogen-bond donors (Lipinski definition) is 0.